The Balaban J connectivity index is 1.52. The van der Waals surface area contributed by atoms with Gasteiger partial charge in [0, 0.05) is 22.6 Å². The van der Waals surface area contributed by atoms with Crippen LogP contribution in [0.5, 0.6) is 5.75 Å². The summed E-state index contributed by atoms with van der Waals surface area (Å²) in [7, 11) is 1.54. The van der Waals surface area contributed by atoms with Crippen LogP contribution in [-0.2, 0) is 11.3 Å². The second-order valence-corrected chi connectivity index (χ2v) is 7.39. The zero-order valence-corrected chi connectivity index (χ0v) is 18.1. The molecule has 1 aromatic heterocycles. The summed E-state index contributed by atoms with van der Waals surface area (Å²) < 4.78 is 15.8. The molecule has 0 bridgehead atoms. The molecule has 0 fully saturated rings. The number of methoxy groups -OCH3 is 1. The van der Waals surface area contributed by atoms with Gasteiger partial charge in [0.2, 0.25) is 0 Å². The van der Waals surface area contributed by atoms with Crippen molar-refractivity contribution in [1.82, 2.24) is 0 Å². The third-order valence-electron chi connectivity index (χ3n) is 5.09. The van der Waals surface area contributed by atoms with E-state index in [1.165, 1.54) is 6.07 Å². The Morgan fingerprint density at radius 2 is 1.73 bits per heavy atom. The molecular weight excluding hydrogens is 422 g/mol. The lowest BCUT2D eigenvalue weighted by molar-refractivity contribution is 0.0475. The van der Waals surface area contributed by atoms with Crippen molar-refractivity contribution in [3.05, 3.63) is 105 Å². The van der Waals surface area contributed by atoms with Crippen molar-refractivity contribution < 1.29 is 23.5 Å². The first kappa shape index (κ1) is 21.8. The summed E-state index contributed by atoms with van der Waals surface area (Å²) in [4.78, 5) is 37.4. The minimum atomic E-state index is -0.630. The Labute approximate surface area is 189 Å². The van der Waals surface area contributed by atoms with Gasteiger partial charge in [-0.3, -0.25) is 4.79 Å². The van der Waals surface area contributed by atoms with Crippen molar-refractivity contribution in [2.24, 2.45) is 0 Å². The predicted octanol–water partition coefficient (Wildman–Crippen LogP) is 4.72. The molecule has 1 N–H and O–H groups in total. The molecule has 0 aliphatic carbocycles. The summed E-state index contributed by atoms with van der Waals surface area (Å²) in [5, 5.41) is 3.43. The van der Waals surface area contributed by atoms with Gasteiger partial charge in [-0.1, -0.05) is 24.3 Å². The molecular formula is C26H21NO6. The highest BCUT2D eigenvalue weighted by Crippen LogP contribution is 2.22. The minimum absolute atomic E-state index is 0.120. The van der Waals surface area contributed by atoms with Crippen molar-refractivity contribution >= 4 is 28.5 Å². The van der Waals surface area contributed by atoms with Crippen LogP contribution in [0.1, 0.15) is 31.8 Å². The van der Waals surface area contributed by atoms with Crippen molar-refractivity contribution in [3.63, 3.8) is 0 Å². The van der Waals surface area contributed by atoms with Gasteiger partial charge >= 0.3 is 11.6 Å². The second-order valence-electron chi connectivity index (χ2n) is 7.39. The van der Waals surface area contributed by atoms with Crippen LogP contribution in [0.2, 0.25) is 0 Å². The topological polar surface area (TPSA) is 94.8 Å². The Kier molecular flexibility index (Phi) is 6.22. The van der Waals surface area contributed by atoms with Gasteiger partial charge < -0.3 is 19.2 Å². The molecule has 0 saturated carbocycles. The molecule has 1 heterocycles. The Morgan fingerprint density at radius 1 is 0.970 bits per heavy atom. The molecule has 166 valence electrons. The highest BCUT2D eigenvalue weighted by molar-refractivity contribution is 6.08. The number of rotatable bonds is 6. The molecule has 4 rings (SSSR count). The number of benzene rings is 3. The smallest absolute Gasteiger partial charge is 0.340 e. The van der Waals surface area contributed by atoms with Gasteiger partial charge in [0.15, 0.2) is 0 Å². The number of fused-ring (bicyclic) bond motifs is 1. The lowest BCUT2D eigenvalue weighted by Gasteiger charge is -2.12. The number of amides is 1. The van der Waals surface area contributed by atoms with E-state index in [9.17, 15) is 14.4 Å². The number of aryl methyl sites for hydroxylation is 1. The third-order valence-corrected chi connectivity index (χ3v) is 5.09. The number of nitrogens with one attached hydrogen (secondary N) is 1. The number of carbonyl (C=O) groups excluding carboxylic acids is 2. The van der Waals surface area contributed by atoms with E-state index in [-0.39, 0.29) is 18.1 Å². The first-order chi connectivity index (χ1) is 15.9. The standard InChI is InChI=1S/C26H21NO6/c1-16-7-12-20-18(14-24(28)33-23(20)13-16)15-32-26(30)21-5-3-4-6-22(21)27-25(29)17-8-10-19(31-2)11-9-17/h3-14H,15H2,1-2H3,(H,27,29). The van der Waals surface area contributed by atoms with Crippen LogP contribution >= 0.6 is 0 Å². The van der Waals surface area contributed by atoms with Gasteiger partial charge in [-0.05, 0) is 55.0 Å². The predicted molar refractivity (Wildman–Crippen MR) is 124 cm³/mol. The van der Waals surface area contributed by atoms with E-state index in [1.54, 1.807) is 61.7 Å². The number of anilines is 1. The number of para-hydroxylation sites is 1. The van der Waals surface area contributed by atoms with Crippen LogP contribution in [-0.4, -0.2) is 19.0 Å². The van der Waals surface area contributed by atoms with Crippen molar-refractivity contribution in [1.29, 1.82) is 0 Å². The van der Waals surface area contributed by atoms with Crippen LogP contribution in [0.4, 0.5) is 5.69 Å². The fraction of sp³-hybridized carbons (Fsp3) is 0.115. The molecule has 3 aromatic carbocycles. The average molecular weight is 443 g/mol. The van der Waals surface area contributed by atoms with Crippen LogP contribution in [0.3, 0.4) is 0 Å². The van der Waals surface area contributed by atoms with Gasteiger partial charge in [0.05, 0.1) is 18.4 Å². The van der Waals surface area contributed by atoms with Gasteiger partial charge in [0.1, 0.15) is 17.9 Å². The zero-order chi connectivity index (χ0) is 23.4. The molecule has 7 heteroatoms. The Bertz CT molecular complexity index is 1390. The fourth-order valence-electron chi connectivity index (χ4n) is 3.38. The Hall–Kier alpha value is -4.39. The molecule has 0 atom stereocenters. The molecule has 0 saturated heterocycles. The maximum absolute atomic E-state index is 12.8. The van der Waals surface area contributed by atoms with Crippen molar-refractivity contribution in [2.45, 2.75) is 13.5 Å². The van der Waals surface area contributed by atoms with Crippen LogP contribution < -0.4 is 15.7 Å². The highest BCUT2D eigenvalue weighted by Gasteiger charge is 2.16. The number of carbonyl (C=O) groups is 2. The highest BCUT2D eigenvalue weighted by atomic mass is 16.5. The largest absolute Gasteiger partial charge is 0.497 e. The number of esters is 1. The second kappa shape index (κ2) is 9.40. The quantitative estimate of drug-likeness (QED) is 0.342. The average Bonchev–Trinajstić information content (AvgIpc) is 2.82. The maximum atomic E-state index is 12.8. The first-order valence-corrected chi connectivity index (χ1v) is 10.2. The number of ether oxygens (including phenoxy) is 2. The van der Waals surface area contributed by atoms with E-state index in [1.807, 2.05) is 19.1 Å². The van der Waals surface area contributed by atoms with E-state index in [0.29, 0.717) is 33.5 Å². The van der Waals surface area contributed by atoms with Gasteiger partial charge in [-0.2, -0.15) is 0 Å². The van der Waals surface area contributed by atoms with E-state index >= 15 is 0 Å². The summed E-state index contributed by atoms with van der Waals surface area (Å²) in [5.41, 5.74) is 2.32. The molecule has 4 aromatic rings. The van der Waals surface area contributed by atoms with Crippen molar-refractivity contribution in [3.8, 4) is 5.75 Å². The summed E-state index contributed by atoms with van der Waals surface area (Å²) in [6.07, 6.45) is 0. The van der Waals surface area contributed by atoms with E-state index < -0.39 is 11.6 Å². The molecule has 7 nitrogen and oxygen atoms in total. The maximum Gasteiger partial charge on any atom is 0.340 e. The third kappa shape index (κ3) is 4.93. The monoisotopic (exact) mass is 443 g/mol. The minimum Gasteiger partial charge on any atom is -0.497 e. The molecule has 0 aliphatic rings. The van der Waals surface area contributed by atoms with Crippen LogP contribution in [0, 0.1) is 6.92 Å². The van der Waals surface area contributed by atoms with E-state index in [0.717, 1.165) is 5.56 Å². The molecule has 0 aliphatic heterocycles. The van der Waals surface area contributed by atoms with Crippen LogP contribution in [0.25, 0.3) is 11.0 Å². The van der Waals surface area contributed by atoms with Gasteiger partial charge in [0.25, 0.3) is 5.91 Å². The normalized spacial score (nSPS) is 10.6. The molecule has 0 radical (unpaired) electrons. The van der Waals surface area contributed by atoms with E-state index in [2.05, 4.69) is 5.32 Å². The Morgan fingerprint density at radius 3 is 2.48 bits per heavy atom. The summed E-state index contributed by atoms with van der Waals surface area (Å²) in [5.74, 6) is -0.373. The summed E-state index contributed by atoms with van der Waals surface area (Å²) >= 11 is 0. The molecule has 1 amide bonds. The molecule has 33 heavy (non-hydrogen) atoms. The number of hydrogen-bond donors (Lipinski definition) is 1. The SMILES string of the molecule is COc1ccc(C(=O)Nc2ccccc2C(=O)OCc2cc(=O)oc3cc(C)ccc23)cc1. The van der Waals surface area contributed by atoms with Crippen LogP contribution in [0.15, 0.2) is 82.0 Å². The fourth-order valence-corrected chi connectivity index (χ4v) is 3.38. The molecule has 0 unspecified atom stereocenters. The lowest BCUT2D eigenvalue weighted by Crippen LogP contribution is -2.16. The first-order valence-electron chi connectivity index (χ1n) is 10.2. The number of hydrogen-bond acceptors (Lipinski definition) is 6. The van der Waals surface area contributed by atoms with Gasteiger partial charge in [-0.15, -0.1) is 0 Å². The summed E-state index contributed by atoms with van der Waals surface area (Å²) in [6, 6.07) is 19.9. The zero-order valence-electron chi connectivity index (χ0n) is 18.1. The molecule has 0 spiro atoms. The summed E-state index contributed by atoms with van der Waals surface area (Å²) in [6.45, 7) is 1.77. The van der Waals surface area contributed by atoms with E-state index in [4.69, 9.17) is 13.9 Å². The van der Waals surface area contributed by atoms with Crippen molar-refractivity contribution in [2.75, 3.05) is 12.4 Å². The lowest BCUT2D eigenvalue weighted by atomic mass is 10.1. The van der Waals surface area contributed by atoms with Gasteiger partial charge in [-0.25, -0.2) is 9.59 Å².